The molecule has 0 spiro atoms. The fraction of sp³-hybridized carbons (Fsp3) is 0.231. The fourth-order valence-electron chi connectivity index (χ4n) is 1.56. The molecule has 19 heavy (non-hydrogen) atoms. The van der Waals surface area contributed by atoms with Gasteiger partial charge in [0.15, 0.2) is 5.13 Å². The maximum atomic E-state index is 10.8. The van der Waals surface area contributed by atoms with Gasteiger partial charge in [-0.1, -0.05) is 6.07 Å². The normalized spacial score (nSPS) is 12.2. The highest BCUT2D eigenvalue weighted by Gasteiger charge is 2.17. The highest BCUT2D eigenvalue weighted by molar-refractivity contribution is 7.13. The number of aromatic nitrogens is 1. The van der Waals surface area contributed by atoms with Crippen LogP contribution < -0.4 is 11.1 Å². The summed E-state index contributed by atoms with van der Waals surface area (Å²) < 4.78 is 0. The Morgan fingerprint density at radius 3 is 2.79 bits per heavy atom. The van der Waals surface area contributed by atoms with Crippen molar-refractivity contribution in [3.05, 3.63) is 40.4 Å². The van der Waals surface area contributed by atoms with Gasteiger partial charge in [-0.05, 0) is 37.1 Å². The second kappa shape index (κ2) is 5.38. The van der Waals surface area contributed by atoms with Gasteiger partial charge in [0.05, 0.1) is 5.69 Å². The number of thiazole rings is 1. The Morgan fingerprint density at radius 1 is 1.42 bits per heavy atom. The number of hydrogen-bond acceptors (Lipinski definition) is 5. The number of nitrogens with two attached hydrogens (primary N) is 1. The van der Waals surface area contributed by atoms with Crippen molar-refractivity contribution in [3.63, 3.8) is 0 Å². The number of carbonyl (C=O) groups is 1. The van der Waals surface area contributed by atoms with Crippen LogP contribution in [0.3, 0.4) is 0 Å². The number of carboxylic acid groups (broad SMARTS) is 1. The average molecular weight is 277 g/mol. The third-order valence-corrected chi connectivity index (χ3v) is 3.64. The van der Waals surface area contributed by atoms with E-state index >= 15 is 0 Å². The molecule has 1 atom stereocenters. The quantitative estimate of drug-likeness (QED) is 0.799. The third-order valence-electron chi connectivity index (χ3n) is 2.86. The monoisotopic (exact) mass is 277 g/mol. The van der Waals surface area contributed by atoms with Crippen molar-refractivity contribution >= 4 is 28.1 Å². The number of carboxylic acids is 1. The molecule has 0 amide bonds. The van der Waals surface area contributed by atoms with Crippen LogP contribution in [0.2, 0.25) is 0 Å². The maximum absolute atomic E-state index is 10.8. The summed E-state index contributed by atoms with van der Waals surface area (Å²) >= 11 is 1.33. The van der Waals surface area contributed by atoms with Gasteiger partial charge in [-0.15, -0.1) is 11.3 Å². The number of anilines is 2. The average Bonchev–Trinajstić information content (AvgIpc) is 2.81. The van der Waals surface area contributed by atoms with Gasteiger partial charge >= 0.3 is 5.97 Å². The summed E-state index contributed by atoms with van der Waals surface area (Å²) in [4.78, 5) is 14.9. The zero-order valence-electron chi connectivity index (χ0n) is 10.7. The van der Waals surface area contributed by atoms with E-state index in [0.717, 1.165) is 5.69 Å². The molecule has 1 aromatic heterocycles. The molecule has 0 aliphatic heterocycles. The van der Waals surface area contributed by atoms with Crippen LogP contribution in [0.5, 0.6) is 0 Å². The summed E-state index contributed by atoms with van der Waals surface area (Å²) in [6, 6.07) is 4.93. The zero-order chi connectivity index (χ0) is 14.0. The van der Waals surface area contributed by atoms with Crippen LogP contribution in [0.25, 0.3) is 0 Å². The lowest BCUT2D eigenvalue weighted by Crippen LogP contribution is -2.20. The largest absolute Gasteiger partial charge is 0.480 e. The van der Waals surface area contributed by atoms with Crippen molar-refractivity contribution in [2.24, 2.45) is 5.73 Å². The first-order valence-electron chi connectivity index (χ1n) is 5.75. The molecule has 0 aliphatic carbocycles. The molecule has 2 aromatic rings. The van der Waals surface area contributed by atoms with Crippen molar-refractivity contribution in [2.75, 3.05) is 5.32 Å². The van der Waals surface area contributed by atoms with Crippen molar-refractivity contribution in [3.8, 4) is 0 Å². The van der Waals surface area contributed by atoms with Crippen LogP contribution >= 0.6 is 11.3 Å². The van der Waals surface area contributed by atoms with Gasteiger partial charge < -0.3 is 16.2 Å². The highest BCUT2D eigenvalue weighted by atomic mass is 32.1. The first-order valence-corrected chi connectivity index (χ1v) is 6.63. The van der Waals surface area contributed by atoms with Crippen LogP contribution in [0, 0.1) is 13.8 Å². The second-order valence-corrected chi connectivity index (χ2v) is 5.18. The van der Waals surface area contributed by atoms with Crippen molar-refractivity contribution in [2.45, 2.75) is 19.9 Å². The lowest BCUT2D eigenvalue weighted by molar-refractivity contribution is -0.138. The first kappa shape index (κ1) is 13.5. The molecular weight excluding hydrogens is 262 g/mol. The number of aliphatic carboxylic acids is 1. The van der Waals surface area contributed by atoms with E-state index in [9.17, 15) is 4.79 Å². The van der Waals surface area contributed by atoms with Crippen LogP contribution in [0.4, 0.5) is 10.8 Å². The molecule has 0 aliphatic rings. The minimum absolute atomic E-state index is 0.365. The summed E-state index contributed by atoms with van der Waals surface area (Å²) in [5, 5.41) is 14.3. The van der Waals surface area contributed by atoms with Gasteiger partial charge in [-0.2, -0.15) is 0 Å². The summed E-state index contributed by atoms with van der Waals surface area (Å²) in [6.07, 6.45) is 0. The van der Waals surface area contributed by atoms with E-state index in [1.807, 2.05) is 32.0 Å². The SMILES string of the molecule is Cc1ccc(Nc2nc(C(N)C(=O)O)cs2)cc1C. The molecule has 0 saturated carbocycles. The Hall–Kier alpha value is -1.92. The van der Waals surface area contributed by atoms with E-state index in [1.54, 1.807) is 5.38 Å². The standard InChI is InChI=1S/C13H15N3O2S/c1-7-3-4-9(5-8(7)2)15-13-16-10(6-19-13)11(14)12(17)18/h3-6,11H,14H2,1-2H3,(H,15,16)(H,17,18). The Kier molecular flexibility index (Phi) is 3.82. The second-order valence-electron chi connectivity index (χ2n) is 4.32. The fourth-order valence-corrected chi connectivity index (χ4v) is 2.32. The maximum Gasteiger partial charge on any atom is 0.326 e. The van der Waals surface area contributed by atoms with E-state index in [4.69, 9.17) is 10.8 Å². The molecule has 0 fully saturated rings. The van der Waals surface area contributed by atoms with E-state index in [1.165, 1.54) is 22.5 Å². The Balaban J connectivity index is 2.15. The molecule has 0 radical (unpaired) electrons. The van der Waals surface area contributed by atoms with Crippen LogP contribution in [0.15, 0.2) is 23.6 Å². The van der Waals surface area contributed by atoms with Gasteiger partial charge in [0.2, 0.25) is 0 Å². The topological polar surface area (TPSA) is 88.2 Å². The number of benzene rings is 1. The van der Waals surface area contributed by atoms with E-state index in [2.05, 4.69) is 10.3 Å². The molecular formula is C13H15N3O2S. The molecule has 1 heterocycles. The molecule has 0 saturated heterocycles. The molecule has 0 bridgehead atoms. The summed E-state index contributed by atoms with van der Waals surface area (Å²) in [5.74, 6) is -1.08. The molecule has 4 N–H and O–H groups in total. The smallest absolute Gasteiger partial charge is 0.326 e. The van der Waals surface area contributed by atoms with E-state index in [0.29, 0.717) is 10.8 Å². The third kappa shape index (κ3) is 3.10. The lowest BCUT2D eigenvalue weighted by atomic mass is 10.1. The van der Waals surface area contributed by atoms with Crippen LogP contribution in [0.1, 0.15) is 22.9 Å². The Bertz CT molecular complexity index is 610. The number of nitrogens with zero attached hydrogens (tertiary/aromatic N) is 1. The van der Waals surface area contributed by atoms with Crippen molar-refractivity contribution in [1.29, 1.82) is 0 Å². The van der Waals surface area contributed by atoms with Gasteiger partial charge in [0, 0.05) is 11.1 Å². The van der Waals surface area contributed by atoms with Crippen molar-refractivity contribution in [1.82, 2.24) is 4.98 Å². The summed E-state index contributed by atoms with van der Waals surface area (Å²) in [5.41, 5.74) is 9.20. The zero-order valence-corrected chi connectivity index (χ0v) is 11.5. The predicted molar refractivity (Wildman–Crippen MR) is 75.9 cm³/mol. The summed E-state index contributed by atoms with van der Waals surface area (Å²) in [6.45, 7) is 4.08. The molecule has 5 nitrogen and oxygen atoms in total. The Morgan fingerprint density at radius 2 is 2.16 bits per heavy atom. The van der Waals surface area contributed by atoms with Gasteiger partial charge in [-0.3, -0.25) is 4.79 Å². The number of rotatable bonds is 4. The van der Waals surface area contributed by atoms with Crippen molar-refractivity contribution < 1.29 is 9.90 Å². The number of nitrogens with one attached hydrogen (secondary N) is 1. The minimum atomic E-state index is -1.08. The number of hydrogen-bond donors (Lipinski definition) is 3. The van der Waals surface area contributed by atoms with Crippen LogP contribution in [-0.2, 0) is 4.79 Å². The van der Waals surface area contributed by atoms with E-state index in [-0.39, 0.29) is 0 Å². The highest BCUT2D eigenvalue weighted by Crippen LogP contribution is 2.24. The van der Waals surface area contributed by atoms with E-state index < -0.39 is 12.0 Å². The molecule has 100 valence electrons. The van der Waals surface area contributed by atoms with Gasteiger partial charge in [-0.25, -0.2) is 4.98 Å². The lowest BCUT2D eigenvalue weighted by Gasteiger charge is -2.06. The summed E-state index contributed by atoms with van der Waals surface area (Å²) in [7, 11) is 0. The van der Waals surface area contributed by atoms with Gasteiger partial charge in [0.25, 0.3) is 0 Å². The predicted octanol–water partition coefficient (Wildman–Crippen LogP) is 2.59. The number of aryl methyl sites for hydroxylation is 2. The molecule has 2 rings (SSSR count). The molecule has 1 aromatic carbocycles. The molecule has 1 unspecified atom stereocenters. The minimum Gasteiger partial charge on any atom is -0.480 e. The Labute approximate surface area is 115 Å². The van der Waals surface area contributed by atoms with Crippen LogP contribution in [-0.4, -0.2) is 16.1 Å². The molecule has 6 heteroatoms. The van der Waals surface area contributed by atoms with Gasteiger partial charge in [0.1, 0.15) is 6.04 Å². The first-order chi connectivity index (χ1) is 8.97.